The summed E-state index contributed by atoms with van der Waals surface area (Å²) in [7, 11) is 1.58. The molecule has 2 heterocycles. The molecule has 0 fully saturated rings. The largest absolute Gasteiger partial charge is 0.481 e. The molecule has 0 bridgehead atoms. The Bertz CT molecular complexity index is 593. The van der Waals surface area contributed by atoms with E-state index in [4.69, 9.17) is 4.74 Å². The third kappa shape index (κ3) is 3.78. The van der Waals surface area contributed by atoms with Crippen molar-refractivity contribution in [3.8, 4) is 17.4 Å². The zero-order valence-electron chi connectivity index (χ0n) is 12.4. The number of aryl methyl sites for hydroxylation is 1. The summed E-state index contributed by atoms with van der Waals surface area (Å²) in [4.78, 5) is 17.5. The number of nitrogens with one attached hydrogen (secondary N) is 1. The van der Waals surface area contributed by atoms with E-state index in [1.165, 1.54) is 6.33 Å². The highest BCUT2D eigenvalue weighted by Gasteiger charge is 2.14. The van der Waals surface area contributed by atoms with Gasteiger partial charge in [-0.1, -0.05) is 13.3 Å². The molecular weight excluding hydrogens is 381 g/mol. The van der Waals surface area contributed by atoms with Crippen LogP contribution in [0.1, 0.15) is 26.0 Å². The number of aromatic nitrogens is 4. The van der Waals surface area contributed by atoms with E-state index in [2.05, 4.69) is 54.8 Å². The molecule has 0 aromatic carbocycles. The summed E-state index contributed by atoms with van der Waals surface area (Å²) in [6.45, 7) is 4.99. The molecule has 21 heavy (non-hydrogen) atoms. The molecule has 0 aliphatic heterocycles. The van der Waals surface area contributed by atoms with Gasteiger partial charge in [-0.2, -0.15) is 0 Å². The van der Waals surface area contributed by atoms with Crippen molar-refractivity contribution >= 4 is 28.4 Å². The molecule has 0 aliphatic carbocycles. The van der Waals surface area contributed by atoms with Crippen LogP contribution in [0.3, 0.4) is 0 Å². The molecule has 2 aromatic rings. The van der Waals surface area contributed by atoms with Crippen molar-refractivity contribution in [3.05, 3.63) is 21.7 Å². The number of hydrogen-bond donors (Lipinski definition) is 1. The Balaban J connectivity index is 2.51. The van der Waals surface area contributed by atoms with E-state index in [9.17, 15) is 0 Å². The molecule has 1 N–H and O–H groups in total. The van der Waals surface area contributed by atoms with Crippen LogP contribution in [0.4, 0.5) is 5.82 Å². The monoisotopic (exact) mass is 399 g/mol. The smallest absolute Gasteiger partial charge is 0.216 e. The third-order valence-electron chi connectivity index (χ3n) is 2.83. The molecule has 0 unspecified atom stereocenters. The summed E-state index contributed by atoms with van der Waals surface area (Å²) < 4.78 is 6.20. The first-order valence-corrected chi connectivity index (χ1v) is 7.94. The van der Waals surface area contributed by atoms with Gasteiger partial charge in [-0.15, -0.1) is 0 Å². The Hall–Kier alpha value is -1.51. The fourth-order valence-corrected chi connectivity index (χ4v) is 2.57. The summed E-state index contributed by atoms with van der Waals surface area (Å²) in [5, 5.41) is 3.28. The minimum absolute atomic E-state index is 0.504. The minimum Gasteiger partial charge on any atom is -0.481 e. The topological polar surface area (TPSA) is 72.8 Å². The Morgan fingerprint density at radius 2 is 2.05 bits per heavy atom. The Kier molecular flexibility index (Phi) is 5.66. The minimum atomic E-state index is 0.504. The van der Waals surface area contributed by atoms with Crippen molar-refractivity contribution in [2.24, 2.45) is 0 Å². The fraction of sp³-hybridized carbons (Fsp3) is 0.429. The van der Waals surface area contributed by atoms with E-state index < -0.39 is 0 Å². The molecule has 2 rings (SSSR count). The predicted molar refractivity (Wildman–Crippen MR) is 90.5 cm³/mol. The fourth-order valence-electron chi connectivity index (χ4n) is 1.87. The molecule has 0 atom stereocenters. The first-order valence-electron chi connectivity index (χ1n) is 6.86. The summed E-state index contributed by atoms with van der Waals surface area (Å²) in [6, 6.07) is 1.74. The maximum Gasteiger partial charge on any atom is 0.216 e. The molecule has 0 amide bonds. The van der Waals surface area contributed by atoms with Crippen molar-refractivity contribution < 1.29 is 4.74 Å². The molecule has 112 valence electrons. The van der Waals surface area contributed by atoms with Crippen LogP contribution in [0.15, 0.2) is 12.4 Å². The summed E-state index contributed by atoms with van der Waals surface area (Å²) in [5.41, 5.74) is 1.70. The molecule has 0 saturated heterocycles. The number of methoxy groups -OCH3 is 1. The number of hydrogen-bond acceptors (Lipinski definition) is 6. The highest BCUT2D eigenvalue weighted by atomic mass is 127. The second kappa shape index (κ2) is 7.48. The Labute approximate surface area is 137 Å². The molecule has 6 nitrogen and oxygen atoms in total. The first-order chi connectivity index (χ1) is 10.2. The average Bonchev–Trinajstić information content (AvgIpc) is 2.51. The summed E-state index contributed by atoms with van der Waals surface area (Å²) >= 11 is 2.29. The highest BCUT2D eigenvalue weighted by molar-refractivity contribution is 14.1. The quantitative estimate of drug-likeness (QED) is 0.754. The first kappa shape index (κ1) is 15.9. The van der Waals surface area contributed by atoms with Gasteiger partial charge in [0.25, 0.3) is 0 Å². The lowest BCUT2D eigenvalue weighted by molar-refractivity contribution is 0.397. The summed E-state index contributed by atoms with van der Waals surface area (Å²) in [6.07, 6.45) is 3.40. The molecule has 0 aliphatic rings. The van der Waals surface area contributed by atoms with Crippen molar-refractivity contribution in [3.63, 3.8) is 0 Å². The van der Waals surface area contributed by atoms with E-state index in [0.29, 0.717) is 17.4 Å². The Morgan fingerprint density at radius 3 is 2.71 bits per heavy atom. The number of rotatable bonds is 6. The number of nitrogens with zero attached hydrogens (tertiary/aromatic N) is 4. The van der Waals surface area contributed by atoms with Crippen LogP contribution in [0.2, 0.25) is 0 Å². The van der Waals surface area contributed by atoms with E-state index in [1.807, 2.05) is 6.92 Å². The van der Waals surface area contributed by atoms with Gasteiger partial charge in [0.05, 0.1) is 16.4 Å². The normalized spacial score (nSPS) is 10.5. The van der Waals surface area contributed by atoms with Crippen molar-refractivity contribution in [2.75, 3.05) is 19.0 Å². The van der Waals surface area contributed by atoms with Crippen LogP contribution in [0.25, 0.3) is 11.5 Å². The number of anilines is 1. The van der Waals surface area contributed by atoms with Crippen LogP contribution in [0.5, 0.6) is 5.88 Å². The zero-order chi connectivity index (χ0) is 15.2. The lowest BCUT2D eigenvalue weighted by Gasteiger charge is -2.11. The standard InChI is InChI=1S/C14H18IN5O/c1-4-6-9-12(15)14(16-5-2)20-13(19-9)10-7-11(21-3)18-8-17-10/h7-8H,4-6H2,1-3H3,(H,16,19,20). The maximum atomic E-state index is 5.13. The molecule has 0 saturated carbocycles. The van der Waals surface area contributed by atoms with Crippen LogP contribution in [-0.2, 0) is 6.42 Å². The van der Waals surface area contributed by atoms with Gasteiger partial charge in [0.1, 0.15) is 17.8 Å². The van der Waals surface area contributed by atoms with Gasteiger partial charge in [0, 0.05) is 12.6 Å². The van der Waals surface area contributed by atoms with Gasteiger partial charge in [-0.25, -0.2) is 19.9 Å². The van der Waals surface area contributed by atoms with Crippen molar-refractivity contribution in [2.45, 2.75) is 26.7 Å². The second-order valence-electron chi connectivity index (χ2n) is 4.38. The lowest BCUT2D eigenvalue weighted by Crippen LogP contribution is -2.08. The van der Waals surface area contributed by atoms with Crippen LogP contribution < -0.4 is 10.1 Å². The molecule has 2 aromatic heterocycles. The van der Waals surface area contributed by atoms with Gasteiger partial charge in [-0.3, -0.25) is 0 Å². The van der Waals surface area contributed by atoms with Crippen LogP contribution in [-0.4, -0.2) is 33.6 Å². The molecular formula is C14H18IN5O. The average molecular weight is 399 g/mol. The van der Waals surface area contributed by atoms with E-state index in [-0.39, 0.29) is 0 Å². The maximum absolute atomic E-state index is 5.13. The predicted octanol–water partition coefficient (Wildman–Crippen LogP) is 2.93. The van der Waals surface area contributed by atoms with Crippen LogP contribution in [0, 0.1) is 3.57 Å². The van der Waals surface area contributed by atoms with Gasteiger partial charge in [-0.05, 0) is 35.9 Å². The highest BCUT2D eigenvalue weighted by Crippen LogP contribution is 2.25. The third-order valence-corrected chi connectivity index (χ3v) is 3.96. The zero-order valence-corrected chi connectivity index (χ0v) is 14.5. The molecule has 0 radical (unpaired) electrons. The van der Waals surface area contributed by atoms with E-state index in [0.717, 1.165) is 34.5 Å². The molecule has 7 heteroatoms. The van der Waals surface area contributed by atoms with Gasteiger partial charge >= 0.3 is 0 Å². The van der Waals surface area contributed by atoms with Gasteiger partial charge in [0.2, 0.25) is 5.88 Å². The summed E-state index contributed by atoms with van der Waals surface area (Å²) in [5.74, 6) is 1.95. The van der Waals surface area contributed by atoms with Crippen molar-refractivity contribution in [1.82, 2.24) is 19.9 Å². The Morgan fingerprint density at radius 1 is 1.24 bits per heavy atom. The van der Waals surface area contributed by atoms with Crippen molar-refractivity contribution in [1.29, 1.82) is 0 Å². The van der Waals surface area contributed by atoms with E-state index in [1.54, 1.807) is 13.2 Å². The second-order valence-corrected chi connectivity index (χ2v) is 5.46. The van der Waals surface area contributed by atoms with Gasteiger partial charge < -0.3 is 10.1 Å². The number of ether oxygens (including phenoxy) is 1. The number of halogens is 1. The SMILES string of the molecule is CCCc1nc(-c2cc(OC)ncn2)nc(NCC)c1I. The van der Waals surface area contributed by atoms with E-state index >= 15 is 0 Å². The van der Waals surface area contributed by atoms with Crippen LogP contribution >= 0.6 is 22.6 Å². The lowest BCUT2D eigenvalue weighted by atomic mass is 10.2. The molecule has 0 spiro atoms. The van der Waals surface area contributed by atoms with Gasteiger partial charge in [0.15, 0.2) is 5.82 Å².